The van der Waals surface area contributed by atoms with Crippen molar-refractivity contribution in [2.45, 2.75) is 88.6 Å². The fourth-order valence-electron chi connectivity index (χ4n) is 9.62. The molecule has 5 aliphatic rings. The van der Waals surface area contributed by atoms with Gasteiger partial charge < -0.3 is 15.0 Å². The summed E-state index contributed by atoms with van der Waals surface area (Å²) in [6.07, 6.45) is 4.70. The minimum Gasteiger partial charge on any atom is -0.461 e. The first-order valence-corrected chi connectivity index (χ1v) is 17.0. The molecule has 0 unspecified atom stereocenters. The van der Waals surface area contributed by atoms with Gasteiger partial charge in [0.2, 0.25) is 0 Å². The van der Waals surface area contributed by atoms with Crippen molar-refractivity contribution in [2.75, 3.05) is 31.1 Å². The molecule has 4 aromatic rings. The Kier molecular flexibility index (Phi) is 6.55. The lowest BCUT2D eigenvalue weighted by molar-refractivity contribution is 0.107. The summed E-state index contributed by atoms with van der Waals surface area (Å²) in [6, 6.07) is 9.77. The Balaban J connectivity index is 1.25. The smallest absolute Gasteiger partial charge is 0.319 e. The van der Waals surface area contributed by atoms with Gasteiger partial charge in [-0.1, -0.05) is 38.1 Å². The molecule has 10 heteroatoms. The van der Waals surface area contributed by atoms with Crippen LogP contribution >= 0.6 is 0 Å². The number of ether oxygens (including phenoxy) is 1. The molecule has 0 saturated carbocycles. The molecule has 240 valence electrons. The van der Waals surface area contributed by atoms with Crippen molar-refractivity contribution in [3.63, 3.8) is 0 Å². The quantitative estimate of drug-likeness (QED) is 0.285. The van der Waals surface area contributed by atoms with Gasteiger partial charge in [-0.3, -0.25) is 4.90 Å². The second-order valence-corrected chi connectivity index (χ2v) is 14.3. The molecule has 7 nitrogen and oxygen atoms in total. The largest absolute Gasteiger partial charge is 0.461 e. The summed E-state index contributed by atoms with van der Waals surface area (Å²) in [4.78, 5) is 19.4. The van der Waals surface area contributed by atoms with Crippen molar-refractivity contribution in [3.05, 3.63) is 53.2 Å². The van der Waals surface area contributed by atoms with Crippen molar-refractivity contribution in [1.82, 2.24) is 25.2 Å². The molecule has 4 fully saturated rings. The number of halogens is 3. The van der Waals surface area contributed by atoms with Crippen LogP contribution < -0.4 is 15.0 Å². The van der Waals surface area contributed by atoms with Crippen molar-refractivity contribution >= 4 is 27.5 Å². The van der Waals surface area contributed by atoms with Crippen LogP contribution in [0.5, 0.6) is 6.01 Å². The third-order valence-corrected chi connectivity index (χ3v) is 11.6. The van der Waals surface area contributed by atoms with Crippen molar-refractivity contribution in [1.29, 1.82) is 0 Å². The fourth-order valence-corrected chi connectivity index (χ4v) is 9.62. The maximum atomic E-state index is 17.2. The first-order valence-electron chi connectivity index (χ1n) is 17.0. The third-order valence-electron chi connectivity index (χ3n) is 11.6. The van der Waals surface area contributed by atoms with Crippen LogP contribution in [0.4, 0.5) is 19.0 Å². The zero-order valence-corrected chi connectivity index (χ0v) is 26.3. The molecule has 0 aliphatic carbocycles. The highest BCUT2D eigenvalue weighted by Gasteiger charge is 2.50. The van der Waals surface area contributed by atoms with E-state index in [0.717, 1.165) is 49.9 Å². The normalized spacial score (nSPS) is 30.2. The molecule has 7 heterocycles. The Bertz CT molecular complexity index is 1890. The topological polar surface area (TPSA) is 66.4 Å². The lowest BCUT2D eigenvalue weighted by Crippen LogP contribution is -2.60. The number of nitrogens with zero attached hydrogens (tertiary/aromatic N) is 5. The monoisotopic (exact) mass is 628 g/mol. The van der Waals surface area contributed by atoms with Crippen molar-refractivity contribution in [2.24, 2.45) is 5.92 Å². The summed E-state index contributed by atoms with van der Waals surface area (Å²) in [7, 11) is 0. The van der Waals surface area contributed by atoms with Gasteiger partial charge >= 0.3 is 6.01 Å². The first-order chi connectivity index (χ1) is 22.3. The van der Waals surface area contributed by atoms with E-state index in [-0.39, 0.29) is 47.1 Å². The molecule has 9 rings (SSSR count). The number of pyridine rings is 1. The fraction of sp³-hybridized carbons (Fsp3) is 0.528. The summed E-state index contributed by atoms with van der Waals surface area (Å²) < 4.78 is 53.2. The molecule has 1 N–H and O–H groups in total. The van der Waals surface area contributed by atoms with Gasteiger partial charge in [0.15, 0.2) is 5.82 Å². The molecule has 5 aliphatic heterocycles. The van der Waals surface area contributed by atoms with E-state index in [4.69, 9.17) is 19.7 Å². The zero-order valence-electron chi connectivity index (χ0n) is 26.3. The summed E-state index contributed by atoms with van der Waals surface area (Å²) in [5.74, 6) is 0.0270. The van der Waals surface area contributed by atoms with Crippen LogP contribution in [0, 0.1) is 17.6 Å². The number of aryl methyl sites for hydroxylation is 1. The predicted molar refractivity (Wildman–Crippen MR) is 172 cm³/mol. The van der Waals surface area contributed by atoms with Gasteiger partial charge in [-0.2, -0.15) is 9.97 Å². The second kappa shape index (κ2) is 10.5. The molecular weight excluding hydrogens is 589 g/mol. The number of hydrogen-bond donors (Lipinski definition) is 1. The van der Waals surface area contributed by atoms with Crippen LogP contribution in [0.2, 0.25) is 0 Å². The molecule has 46 heavy (non-hydrogen) atoms. The molecule has 2 aromatic carbocycles. The molecule has 0 amide bonds. The van der Waals surface area contributed by atoms with Gasteiger partial charge in [0.05, 0.1) is 16.6 Å². The van der Waals surface area contributed by atoms with E-state index in [1.165, 1.54) is 6.07 Å². The molecular formula is C36H39F3N6O. The number of fused-ring (bicyclic) bond motifs is 7. The van der Waals surface area contributed by atoms with Gasteiger partial charge in [-0.25, -0.2) is 18.2 Å². The molecule has 2 aromatic heterocycles. The zero-order chi connectivity index (χ0) is 31.3. The molecule has 6 atom stereocenters. The number of alkyl halides is 1. The molecule has 2 bridgehead atoms. The number of aromatic nitrogens is 3. The summed E-state index contributed by atoms with van der Waals surface area (Å²) in [6.45, 7) is 6.47. The number of rotatable bonds is 5. The SMILES string of the molecule is CCc1c(F)ccc2cccc(-c3nc4c5c(nc(OC[C@@]67CCCN6C[C@H](F)C7)nc5c3F)N3C[C@H]5CC[C@H](N5)[C@@H]3[C@@H](C)C4)c12. The van der Waals surface area contributed by atoms with Crippen LogP contribution in [0.1, 0.15) is 57.2 Å². The van der Waals surface area contributed by atoms with E-state index in [2.05, 4.69) is 22.0 Å². The Labute approximate surface area is 266 Å². The van der Waals surface area contributed by atoms with Gasteiger partial charge in [-0.05, 0) is 73.4 Å². The summed E-state index contributed by atoms with van der Waals surface area (Å²) in [5.41, 5.74) is 1.83. The lowest BCUT2D eigenvalue weighted by Gasteiger charge is -2.43. The van der Waals surface area contributed by atoms with Crippen molar-refractivity contribution < 1.29 is 17.9 Å². The van der Waals surface area contributed by atoms with E-state index in [1.807, 2.05) is 25.1 Å². The first kappa shape index (κ1) is 28.7. The van der Waals surface area contributed by atoms with Crippen LogP contribution in [-0.4, -0.2) is 75.9 Å². The maximum Gasteiger partial charge on any atom is 0.319 e. The van der Waals surface area contributed by atoms with Gasteiger partial charge in [0.25, 0.3) is 0 Å². The van der Waals surface area contributed by atoms with Gasteiger partial charge in [-0.15, -0.1) is 0 Å². The predicted octanol–water partition coefficient (Wildman–Crippen LogP) is 6.14. The minimum atomic E-state index is -0.878. The Morgan fingerprint density at radius 2 is 1.96 bits per heavy atom. The number of benzene rings is 2. The Morgan fingerprint density at radius 1 is 1.07 bits per heavy atom. The summed E-state index contributed by atoms with van der Waals surface area (Å²) in [5, 5.41) is 5.96. The summed E-state index contributed by atoms with van der Waals surface area (Å²) >= 11 is 0. The van der Waals surface area contributed by atoms with E-state index < -0.39 is 12.0 Å². The van der Waals surface area contributed by atoms with Crippen LogP contribution in [0.25, 0.3) is 32.9 Å². The third kappa shape index (κ3) is 4.21. The highest BCUT2D eigenvalue weighted by molar-refractivity contribution is 6.01. The number of anilines is 1. The highest BCUT2D eigenvalue weighted by Crippen LogP contribution is 2.45. The van der Waals surface area contributed by atoms with Gasteiger partial charge in [0.1, 0.15) is 35.6 Å². The number of hydrogen-bond acceptors (Lipinski definition) is 7. The van der Waals surface area contributed by atoms with Crippen molar-refractivity contribution in [3.8, 4) is 17.3 Å². The average molecular weight is 629 g/mol. The Hall–Kier alpha value is -3.50. The average Bonchev–Trinajstić information content (AvgIpc) is 3.69. The highest BCUT2D eigenvalue weighted by atomic mass is 19.1. The minimum absolute atomic E-state index is 0.116. The van der Waals surface area contributed by atoms with E-state index in [0.29, 0.717) is 65.6 Å². The van der Waals surface area contributed by atoms with Gasteiger partial charge in [0, 0.05) is 43.2 Å². The lowest BCUT2D eigenvalue weighted by atomic mass is 9.89. The molecule has 0 spiro atoms. The maximum absolute atomic E-state index is 17.2. The standard InChI is InChI=1S/C36H39F3N6O/c1-3-23-25(38)10-8-20-6-4-7-24(28(20)23)31-30(39)32-29-27(41-31)14-19(2)33-26-11-9-22(40-26)17-45(33)34(29)43-35(42-32)46-18-36-12-5-13-44(36)16-21(37)15-36/h4,6-8,10,19,21-22,26,33,40H,3,5,9,11-18H2,1-2H3/t19-,21+,22+,26-,33-,36-/m0/s1. The molecule has 4 saturated heterocycles. The second-order valence-electron chi connectivity index (χ2n) is 14.3. The van der Waals surface area contributed by atoms with E-state index in [9.17, 15) is 4.39 Å². The van der Waals surface area contributed by atoms with E-state index in [1.54, 1.807) is 6.07 Å². The Morgan fingerprint density at radius 3 is 2.83 bits per heavy atom. The van der Waals surface area contributed by atoms with Crippen LogP contribution in [0.3, 0.4) is 0 Å². The molecule has 0 radical (unpaired) electrons. The van der Waals surface area contributed by atoms with E-state index >= 15 is 8.78 Å². The van der Waals surface area contributed by atoms with Crippen LogP contribution in [0.15, 0.2) is 30.3 Å². The van der Waals surface area contributed by atoms with Crippen LogP contribution in [-0.2, 0) is 12.8 Å². The number of piperazine rings is 1. The number of nitrogens with one attached hydrogen (secondary N) is 1.